The van der Waals surface area contributed by atoms with Gasteiger partial charge in [0.2, 0.25) is 0 Å². The van der Waals surface area contributed by atoms with Crippen LogP contribution in [0.15, 0.2) is 12.2 Å². The van der Waals surface area contributed by atoms with Crippen LogP contribution in [0.4, 0.5) is 4.79 Å². The summed E-state index contributed by atoms with van der Waals surface area (Å²) in [5.41, 5.74) is -0.488. The Morgan fingerprint density at radius 1 is 1.53 bits per heavy atom. The zero-order chi connectivity index (χ0) is 11.5. The molecule has 1 amide bonds. The summed E-state index contributed by atoms with van der Waals surface area (Å²) >= 11 is 0. The fourth-order valence-electron chi connectivity index (χ4n) is 1.28. The van der Waals surface area contributed by atoms with Crippen molar-refractivity contribution in [1.29, 1.82) is 0 Å². The van der Waals surface area contributed by atoms with E-state index in [0.717, 1.165) is 0 Å². The normalized spacial score (nSPS) is 21.3. The molecule has 1 N–H and O–H groups in total. The minimum Gasteiger partial charge on any atom is -0.444 e. The maximum atomic E-state index is 11.4. The van der Waals surface area contributed by atoms with E-state index in [4.69, 9.17) is 4.74 Å². The van der Waals surface area contributed by atoms with Crippen LogP contribution in [0, 0.1) is 0 Å². The highest BCUT2D eigenvalue weighted by Gasteiger charge is 2.20. The number of carbonyl (C=O) groups is 2. The Labute approximate surface area is 89.7 Å². The predicted molar refractivity (Wildman–Crippen MR) is 56.5 cm³/mol. The first-order valence-corrected chi connectivity index (χ1v) is 5.07. The van der Waals surface area contributed by atoms with Crippen molar-refractivity contribution in [3.05, 3.63) is 12.2 Å². The van der Waals surface area contributed by atoms with Gasteiger partial charge in [0.1, 0.15) is 5.60 Å². The second-order valence-electron chi connectivity index (χ2n) is 4.62. The SMILES string of the molecule is CC(C)(C)OC(=O)N[C@@H]1C=CC(=O)CC1. The lowest BCUT2D eigenvalue weighted by Crippen LogP contribution is -2.39. The zero-order valence-electron chi connectivity index (χ0n) is 9.37. The minimum atomic E-state index is -0.488. The van der Waals surface area contributed by atoms with Crippen LogP contribution in [0.2, 0.25) is 0 Å². The summed E-state index contributed by atoms with van der Waals surface area (Å²) in [6.45, 7) is 5.44. The van der Waals surface area contributed by atoms with Crippen LogP contribution >= 0.6 is 0 Å². The Morgan fingerprint density at radius 3 is 2.67 bits per heavy atom. The van der Waals surface area contributed by atoms with Crippen LogP contribution < -0.4 is 5.32 Å². The summed E-state index contributed by atoms with van der Waals surface area (Å²) in [4.78, 5) is 22.2. The molecular weight excluding hydrogens is 194 g/mol. The number of ether oxygens (including phenoxy) is 1. The molecule has 1 atom stereocenters. The smallest absolute Gasteiger partial charge is 0.408 e. The van der Waals surface area contributed by atoms with Crippen molar-refractivity contribution in [3.63, 3.8) is 0 Å². The molecule has 0 radical (unpaired) electrons. The van der Waals surface area contributed by atoms with Crippen molar-refractivity contribution in [1.82, 2.24) is 5.32 Å². The van der Waals surface area contributed by atoms with Gasteiger partial charge < -0.3 is 10.1 Å². The Kier molecular flexibility index (Phi) is 3.50. The van der Waals surface area contributed by atoms with E-state index >= 15 is 0 Å². The van der Waals surface area contributed by atoms with Crippen LogP contribution in [-0.2, 0) is 9.53 Å². The van der Waals surface area contributed by atoms with Gasteiger partial charge in [-0.15, -0.1) is 0 Å². The molecule has 0 bridgehead atoms. The van der Waals surface area contributed by atoms with Crippen molar-refractivity contribution >= 4 is 11.9 Å². The fourth-order valence-corrected chi connectivity index (χ4v) is 1.28. The molecule has 0 aliphatic heterocycles. The molecule has 0 saturated heterocycles. The first-order valence-electron chi connectivity index (χ1n) is 5.07. The summed E-state index contributed by atoms with van der Waals surface area (Å²) < 4.78 is 5.10. The van der Waals surface area contributed by atoms with Gasteiger partial charge in [0.25, 0.3) is 0 Å². The highest BCUT2D eigenvalue weighted by molar-refractivity contribution is 5.90. The molecule has 1 aliphatic rings. The summed E-state index contributed by atoms with van der Waals surface area (Å²) in [5, 5.41) is 2.70. The fraction of sp³-hybridized carbons (Fsp3) is 0.636. The number of alkyl carbamates (subject to hydrolysis) is 1. The number of allylic oxidation sites excluding steroid dienone is 1. The maximum absolute atomic E-state index is 11.4. The first kappa shape index (κ1) is 11.8. The number of carbonyl (C=O) groups excluding carboxylic acids is 2. The van der Waals surface area contributed by atoms with Gasteiger partial charge in [0, 0.05) is 6.42 Å². The van der Waals surface area contributed by atoms with E-state index < -0.39 is 11.7 Å². The van der Waals surface area contributed by atoms with Crippen molar-refractivity contribution in [2.45, 2.75) is 45.3 Å². The van der Waals surface area contributed by atoms with E-state index in [9.17, 15) is 9.59 Å². The average molecular weight is 211 g/mol. The lowest BCUT2D eigenvalue weighted by Gasteiger charge is -2.23. The highest BCUT2D eigenvalue weighted by Crippen LogP contribution is 2.10. The van der Waals surface area contributed by atoms with Crippen LogP contribution in [0.5, 0.6) is 0 Å². The molecule has 15 heavy (non-hydrogen) atoms. The second kappa shape index (κ2) is 4.47. The van der Waals surface area contributed by atoms with E-state index in [1.54, 1.807) is 6.08 Å². The first-order chi connectivity index (χ1) is 6.87. The number of nitrogens with one attached hydrogen (secondary N) is 1. The molecule has 0 aromatic carbocycles. The molecule has 1 rings (SSSR count). The summed E-state index contributed by atoms with van der Waals surface area (Å²) in [6.07, 6.45) is 3.90. The van der Waals surface area contributed by atoms with Gasteiger partial charge >= 0.3 is 6.09 Å². The topological polar surface area (TPSA) is 55.4 Å². The quantitative estimate of drug-likeness (QED) is 0.719. The third kappa shape index (κ3) is 4.63. The molecule has 0 spiro atoms. The highest BCUT2D eigenvalue weighted by atomic mass is 16.6. The third-order valence-corrected chi connectivity index (χ3v) is 1.92. The number of hydrogen-bond donors (Lipinski definition) is 1. The standard InChI is InChI=1S/C11H17NO3/c1-11(2,3)15-10(14)12-8-4-6-9(13)7-5-8/h4,6,8H,5,7H2,1-3H3,(H,12,14)/t8-/m1/s1. The number of amides is 1. The van der Waals surface area contributed by atoms with Crippen molar-refractivity contribution < 1.29 is 14.3 Å². The Morgan fingerprint density at radius 2 is 2.20 bits per heavy atom. The van der Waals surface area contributed by atoms with Crippen LogP contribution in [0.25, 0.3) is 0 Å². The Hall–Kier alpha value is -1.32. The molecule has 0 fully saturated rings. The van der Waals surface area contributed by atoms with E-state index in [1.165, 1.54) is 6.08 Å². The molecule has 0 unspecified atom stereocenters. The number of ketones is 1. The lowest BCUT2D eigenvalue weighted by atomic mass is 10.0. The van der Waals surface area contributed by atoms with E-state index in [1.807, 2.05) is 20.8 Å². The second-order valence-corrected chi connectivity index (χ2v) is 4.62. The van der Waals surface area contributed by atoms with Gasteiger partial charge in [-0.25, -0.2) is 4.79 Å². The lowest BCUT2D eigenvalue weighted by molar-refractivity contribution is -0.115. The van der Waals surface area contributed by atoms with Crippen LogP contribution in [-0.4, -0.2) is 23.5 Å². The van der Waals surface area contributed by atoms with Crippen molar-refractivity contribution in [3.8, 4) is 0 Å². The molecule has 0 aromatic rings. The average Bonchev–Trinajstić information content (AvgIpc) is 2.05. The van der Waals surface area contributed by atoms with Crippen LogP contribution in [0.1, 0.15) is 33.6 Å². The van der Waals surface area contributed by atoms with E-state index in [0.29, 0.717) is 12.8 Å². The number of hydrogen-bond acceptors (Lipinski definition) is 3. The van der Waals surface area contributed by atoms with Gasteiger partial charge in [-0.1, -0.05) is 6.08 Å². The summed E-state index contributed by atoms with van der Waals surface area (Å²) in [6, 6.07) is -0.0856. The third-order valence-electron chi connectivity index (χ3n) is 1.92. The van der Waals surface area contributed by atoms with Gasteiger partial charge in [-0.05, 0) is 33.3 Å². The number of rotatable bonds is 1. The van der Waals surface area contributed by atoms with Crippen molar-refractivity contribution in [2.75, 3.05) is 0 Å². The zero-order valence-corrected chi connectivity index (χ0v) is 9.37. The van der Waals surface area contributed by atoms with Gasteiger partial charge in [0.15, 0.2) is 5.78 Å². The molecule has 0 saturated carbocycles. The molecule has 0 heterocycles. The molecule has 1 aliphatic carbocycles. The van der Waals surface area contributed by atoms with Crippen LogP contribution in [0.3, 0.4) is 0 Å². The molecule has 0 aromatic heterocycles. The van der Waals surface area contributed by atoms with E-state index in [2.05, 4.69) is 5.32 Å². The minimum absolute atomic E-state index is 0.0856. The molecule has 4 heteroatoms. The van der Waals surface area contributed by atoms with Gasteiger partial charge in [0.05, 0.1) is 6.04 Å². The maximum Gasteiger partial charge on any atom is 0.408 e. The summed E-state index contributed by atoms with van der Waals surface area (Å²) in [7, 11) is 0. The Bertz CT molecular complexity index is 289. The molecular formula is C11H17NO3. The van der Waals surface area contributed by atoms with Gasteiger partial charge in [-0.2, -0.15) is 0 Å². The monoisotopic (exact) mass is 211 g/mol. The van der Waals surface area contributed by atoms with Crippen molar-refractivity contribution in [2.24, 2.45) is 0 Å². The van der Waals surface area contributed by atoms with Gasteiger partial charge in [-0.3, -0.25) is 4.79 Å². The molecule has 84 valence electrons. The Balaban J connectivity index is 2.39. The predicted octanol–water partition coefficient (Wildman–Crippen LogP) is 1.80. The summed E-state index contributed by atoms with van der Waals surface area (Å²) in [5.74, 6) is 0.109. The van der Waals surface area contributed by atoms with E-state index in [-0.39, 0.29) is 11.8 Å². The molecule has 4 nitrogen and oxygen atoms in total. The largest absolute Gasteiger partial charge is 0.444 e.